The van der Waals surface area contributed by atoms with Crippen molar-refractivity contribution in [3.8, 4) is 0 Å². The lowest BCUT2D eigenvalue weighted by molar-refractivity contribution is 0.0489. The van der Waals surface area contributed by atoms with Gasteiger partial charge in [0.15, 0.2) is 0 Å². The Kier molecular flexibility index (Phi) is 5.27. The fourth-order valence-electron chi connectivity index (χ4n) is 2.78. The molecule has 0 unspecified atom stereocenters. The molecule has 22 heavy (non-hydrogen) atoms. The molecular weight excluding hydrogens is 278 g/mol. The number of rotatable bonds is 3. The van der Waals surface area contributed by atoms with Crippen LogP contribution >= 0.6 is 0 Å². The first-order valence-corrected chi connectivity index (χ1v) is 8.00. The van der Waals surface area contributed by atoms with E-state index in [1.54, 1.807) is 0 Å². The van der Waals surface area contributed by atoms with Crippen LogP contribution in [0.3, 0.4) is 0 Å². The predicted octanol–water partition coefficient (Wildman–Crippen LogP) is 3.21. The van der Waals surface area contributed by atoms with E-state index >= 15 is 0 Å². The van der Waals surface area contributed by atoms with Gasteiger partial charge in [-0.25, -0.2) is 9.78 Å². The summed E-state index contributed by atoms with van der Waals surface area (Å²) in [7, 11) is 0. The van der Waals surface area contributed by atoms with Crippen LogP contribution in [-0.2, 0) is 4.74 Å². The Morgan fingerprint density at radius 3 is 2.86 bits per heavy atom. The third kappa shape index (κ3) is 4.90. The summed E-state index contributed by atoms with van der Waals surface area (Å²) < 4.78 is 5.33. The number of ether oxygens (including phenoxy) is 1. The summed E-state index contributed by atoms with van der Waals surface area (Å²) in [6, 6.07) is 6.06. The van der Waals surface area contributed by atoms with Crippen molar-refractivity contribution in [2.75, 3.05) is 18.0 Å². The average Bonchev–Trinajstić information content (AvgIpc) is 2.46. The number of amides is 1. The van der Waals surface area contributed by atoms with Crippen molar-refractivity contribution in [2.24, 2.45) is 5.92 Å². The van der Waals surface area contributed by atoms with Crippen LogP contribution < -0.4 is 10.2 Å². The van der Waals surface area contributed by atoms with E-state index in [4.69, 9.17) is 4.74 Å². The highest BCUT2D eigenvalue weighted by Crippen LogP contribution is 2.23. The lowest BCUT2D eigenvalue weighted by Gasteiger charge is -2.36. The molecule has 5 heteroatoms. The fraction of sp³-hybridized carbons (Fsp3) is 0.647. The van der Waals surface area contributed by atoms with Crippen LogP contribution in [-0.4, -0.2) is 35.8 Å². The van der Waals surface area contributed by atoms with Crippen LogP contribution in [0, 0.1) is 5.92 Å². The van der Waals surface area contributed by atoms with Crippen LogP contribution in [0.4, 0.5) is 10.6 Å². The lowest BCUT2D eigenvalue weighted by atomic mass is 9.91. The zero-order valence-electron chi connectivity index (χ0n) is 14.0. The molecule has 0 radical (unpaired) electrons. The molecule has 1 aliphatic rings. The number of nitrogens with one attached hydrogen (secondary N) is 1. The molecule has 2 atom stereocenters. The highest BCUT2D eigenvalue weighted by Gasteiger charge is 2.27. The third-order valence-corrected chi connectivity index (χ3v) is 3.88. The largest absolute Gasteiger partial charge is 0.444 e. The number of aromatic nitrogens is 1. The molecule has 1 N–H and O–H groups in total. The van der Waals surface area contributed by atoms with Gasteiger partial charge in [-0.2, -0.15) is 0 Å². The first-order chi connectivity index (χ1) is 10.3. The van der Waals surface area contributed by atoms with Crippen molar-refractivity contribution in [3.63, 3.8) is 0 Å². The minimum absolute atomic E-state index is 0.0846. The summed E-state index contributed by atoms with van der Waals surface area (Å²) in [4.78, 5) is 18.6. The van der Waals surface area contributed by atoms with Crippen molar-refractivity contribution in [2.45, 2.75) is 52.2 Å². The molecule has 0 saturated carbocycles. The van der Waals surface area contributed by atoms with Crippen LogP contribution in [0.1, 0.15) is 40.5 Å². The highest BCUT2D eigenvalue weighted by atomic mass is 16.6. The minimum atomic E-state index is -0.462. The summed E-state index contributed by atoms with van der Waals surface area (Å²) in [5.41, 5.74) is -0.462. The van der Waals surface area contributed by atoms with E-state index in [1.165, 1.54) is 0 Å². The van der Waals surface area contributed by atoms with Gasteiger partial charge in [-0.15, -0.1) is 0 Å². The summed E-state index contributed by atoms with van der Waals surface area (Å²) in [6.45, 7) is 9.61. The van der Waals surface area contributed by atoms with Gasteiger partial charge in [0.1, 0.15) is 11.4 Å². The average molecular weight is 305 g/mol. The maximum atomic E-state index is 11.9. The van der Waals surface area contributed by atoms with Gasteiger partial charge in [-0.1, -0.05) is 6.07 Å². The summed E-state index contributed by atoms with van der Waals surface area (Å²) in [5, 5.41) is 2.97. The second-order valence-electron chi connectivity index (χ2n) is 6.97. The van der Waals surface area contributed by atoms with Gasteiger partial charge in [-0.3, -0.25) is 0 Å². The van der Waals surface area contributed by atoms with Crippen molar-refractivity contribution in [1.82, 2.24) is 10.3 Å². The molecule has 2 heterocycles. The van der Waals surface area contributed by atoms with Crippen molar-refractivity contribution < 1.29 is 9.53 Å². The predicted molar refractivity (Wildman–Crippen MR) is 88.0 cm³/mol. The molecular formula is C17H27N3O2. The molecule has 1 saturated heterocycles. The van der Waals surface area contributed by atoms with Crippen LogP contribution in [0.2, 0.25) is 0 Å². The quantitative estimate of drug-likeness (QED) is 0.931. The van der Waals surface area contributed by atoms with E-state index < -0.39 is 5.60 Å². The van der Waals surface area contributed by atoms with Crippen molar-refractivity contribution >= 4 is 11.9 Å². The molecule has 0 spiro atoms. The fourth-order valence-corrected chi connectivity index (χ4v) is 2.78. The Morgan fingerprint density at radius 2 is 2.23 bits per heavy atom. The van der Waals surface area contributed by atoms with E-state index in [0.717, 1.165) is 31.7 Å². The smallest absolute Gasteiger partial charge is 0.407 e. The van der Waals surface area contributed by atoms with Crippen LogP contribution in [0.25, 0.3) is 0 Å². The Bertz CT molecular complexity index is 484. The standard InChI is InChI=1S/C17H27N3O2/c1-13(19-16(21)22-17(2,3)4)14-8-7-11-20(12-14)15-9-5-6-10-18-15/h5-6,9-10,13-14H,7-8,11-12H2,1-4H3,(H,19,21)/t13-,14+/m0/s1. The first-order valence-electron chi connectivity index (χ1n) is 8.00. The molecule has 1 fully saturated rings. The summed E-state index contributed by atoms with van der Waals surface area (Å²) >= 11 is 0. The number of alkyl carbamates (subject to hydrolysis) is 1. The highest BCUT2D eigenvalue weighted by molar-refractivity contribution is 5.68. The molecule has 122 valence electrons. The monoisotopic (exact) mass is 305 g/mol. The zero-order chi connectivity index (χ0) is 16.2. The number of anilines is 1. The Hall–Kier alpha value is -1.78. The van der Waals surface area contributed by atoms with Gasteiger partial charge in [-0.05, 0) is 58.6 Å². The van der Waals surface area contributed by atoms with Crippen LogP contribution in [0.5, 0.6) is 0 Å². The molecule has 1 aliphatic heterocycles. The second kappa shape index (κ2) is 6.99. The Morgan fingerprint density at radius 1 is 1.45 bits per heavy atom. The van der Waals surface area contributed by atoms with Gasteiger partial charge in [0.2, 0.25) is 0 Å². The second-order valence-corrected chi connectivity index (χ2v) is 6.97. The van der Waals surface area contributed by atoms with E-state index in [0.29, 0.717) is 5.92 Å². The zero-order valence-corrected chi connectivity index (χ0v) is 14.0. The lowest BCUT2D eigenvalue weighted by Crippen LogP contribution is -2.47. The van der Waals surface area contributed by atoms with E-state index in [1.807, 2.05) is 45.2 Å². The Balaban J connectivity index is 1.90. The molecule has 0 aromatic carbocycles. The van der Waals surface area contributed by atoms with Crippen molar-refractivity contribution in [3.05, 3.63) is 24.4 Å². The third-order valence-electron chi connectivity index (χ3n) is 3.88. The summed E-state index contributed by atoms with van der Waals surface area (Å²) in [6.07, 6.45) is 3.71. The number of carbonyl (C=O) groups is 1. The summed E-state index contributed by atoms with van der Waals surface area (Å²) in [5.74, 6) is 1.42. The Labute approximate surface area is 133 Å². The van der Waals surface area contributed by atoms with E-state index in [9.17, 15) is 4.79 Å². The maximum absolute atomic E-state index is 11.9. The molecule has 0 bridgehead atoms. The number of hydrogen-bond donors (Lipinski definition) is 1. The molecule has 5 nitrogen and oxygen atoms in total. The van der Waals surface area contributed by atoms with Gasteiger partial charge in [0, 0.05) is 25.3 Å². The topological polar surface area (TPSA) is 54.5 Å². The molecule has 2 rings (SSSR count). The van der Waals surface area contributed by atoms with Crippen LogP contribution in [0.15, 0.2) is 24.4 Å². The number of carbonyl (C=O) groups excluding carboxylic acids is 1. The normalized spacial score (nSPS) is 20.4. The maximum Gasteiger partial charge on any atom is 0.407 e. The number of hydrogen-bond acceptors (Lipinski definition) is 4. The van der Waals surface area contributed by atoms with Crippen molar-refractivity contribution in [1.29, 1.82) is 0 Å². The van der Waals surface area contributed by atoms with Gasteiger partial charge < -0.3 is 15.0 Å². The minimum Gasteiger partial charge on any atom is -0.444 e. The molecule has 1 amide bonds. The van der Waals surface area contributed by atoms with E-state index in [-0.39, 0.29) is 12.1 Å². The SMILES string of the molecule is C[C@H](NC(=O)OC(C)(C)C)[C@@H]1CCCN(c2ccccn2)C1. The van der Waals surface area contributed by atoms with Gasteiger partial charge in [0.25, 0.3) is 0 Å². The number of piperidine rings is 1. The number of nitrogens with zero attached hydrogens (tertiary/aromatic N) is 2. The van der Waals surface area contributed by atoms with Gasteiger partial charge >= 0.3 is 6.09 Å². The molecule has 1 aromatic heterocycles. The van der Waals surface area contributed by atoms with E-state index in [2.05, 4.69) is 22.1 Å². The molecule has 0 aliphatic carbocycles. The molecule has 1 aromatic rings. The number of pyridine rings is 1. The van der Waals surface area contributed by atoms with Gasteiger partial charge in [0.05, 0.1) is 0 Å². The first kappa shape index (κ1) is 16.6.